The molecule has 0 bridgehead atoms. The van der Waals surface area contributed by atoms with Crippen molar-refractivity contribution in [2.24, 2.45) is 16.4 Å². The Hall–Kier alpha value is -1.58. The predicted molar refractivity (Wildman–Crippen MR) is 126 cm³/mol. The second-order valence-corrected chi connectivity index (χ2v) is 9.90. The Labute approximate surface area is 195 Å². The van der Waals surface area contributed by atoms with Crippen molar-refractivity contribution in [2.75, 3.05) is 25.4 Å². The Morgan fingerprint density at radius 1 is 1.26 bits per heavy atom. The van der Waals surface area contributed by atoms with Crippen LogP contribution in [0.3, 0.4) is 0 Å². The van der Waals surface area contributed by atoms with Gasteiger partial charge in [0.15, 0.2) is 5.17 Å². The van der Waals surface area contributed by atoms with Crippen LogP contribution in [0.4, 0.5) is 0 Å². The van der Waals surface area contributed by atoms with E-state index in [1.807, 2.05) is 25.7 Å². The fourth-order valence-electron chi connectivity index (χ4n) is 3.55. The third-order valence-corrected chi connectivity index (χ3v) is 6.14. The number of halogens is 1. The van der Waals surface area contributed by atoms with Crippen LogP contribution < -0.4 is 10.7 Å². The van der Waals surface area contributed by atoms with E-state index in [9.17, 15) is 14.4 Å². The fraction of sp³-hybridized carbons (Fsp3) is 0.714. The second-order valence-electron chi connectivity index (χ2n) is 8.84. The predicted octanol–water partition coefficient (Wildman–Crippen LogP) is 2.07. The smallest absolute Gasteiger partial charge is 0.309 e. The van der Waals surface area contributed by atoms with Gasteiger partial charge in [-0.3, -0.25) is 14.4 Å². The molecule has 10 heteroatoms. The van der Waals surface area contributed by atoms with Crippen molar-refractivity contribution in [3.8, 4) is 0 Å². The molecule has 1 heterocycles. The first-order chi connectivity index (χ1) is 14.2. The molecule has 2 amide bonds. The first kappa shape index (κ1) is 27.5. The maximum atomic E-state index is 12.9. The topological polar surface area (TPSA) is 111 Å². The van der Waals surface area contributed by atoms with E-state index in [0.29, 0.717) is 11.7 Å². The molecule has 0 aromatic heterocycles. The van der Waals surface area contributed by atoms with Crippen molar-refractivity contribution < 1.29 is 19.5 Å². The summed E-state index contributed by atoms with van der Waals surface area (Å²) in [5.41, 5.74) is 2.19. The van der Waals surface area contributed by atoms with Crippen LogP contribution >= 0.6 is 24.2 Å². The standard InChI is InChI=1S/C21H34N4O4S.ClH/c1-21(2,3)10-9-16(27)22-17(15-7-5-4-6-8-15)18(28)19(29)23-24-20-25(11-13-26)12-14-30-20;/h9-10,15,17,26H,4-8,11-14H2,1-3H3,(H,22,27)(H,23,29);1H/b10-9+,24-20-;. The summed E-state index contributed by atoms with van der Waals surface area (Å²) in [6, 6.07) is -0.854. The van der Waals surface area contributed by atoms with E-state index in [4.69, 9.17) is 5.11 Å². The highest BCUT2D eigenvalue weighted by atomic mass is 35.5. The van der Waals surface area contributed by atoms with E-state index in [0.717, 1.165) is 44.4 Å². The SMILES string of the molecule is CC(C)(C)/C=C/C(=O)NC(C(=O)C(=O)N/N=C1\SCCN1CCO)C1CCCCC1.Cl. The number of β-amino-alcohol motifs (C(OH)–C–C–N with tert-alkyl or cyclic N) is 1. The number of carbonyl (C=O) groups is 3. The summed E-state index contributed by atoms with van der Waals surface area (Å²) in [6.45, 7) is 7.09. The van der Waals surface area contributed by atoms with Crippen LogP contribution in [0, 0.1) is 11.3 Å². The van der Waals surface area contributed by atoms with Gasteiger partial charge in [-0.05, 0) is 30.3 Å². The van der Waals surface area contributed by atoms with Gasteiger partial charge in [-0.1, -0.05) is 57.9 Å². The molecule has 0 spiro atoms. The van der Waals surface area contributed by atoms with E-state index in [-0.39, 0.29) is 36.3 Å². The zero-order chi connectivity index (χ0) is 22.1. The van der Waals surface area contributed by atoms with Gasteiger partial charge < -0.3 is 15.3 Å². The average Bonchev–Trinajstić information content (AvgIpc) is 3.15. The summed E-state index contributed by atoms with van der Waals surface area (Å²) in [5.74, 6) is -1.10. The van der Waals surface area contributed by atoms with Crippen LogP contribution in [-0.4, -0.2) is 64.3 Å². The number of ketones is 1. The van der Waals surface area contributed by atoms with Crippen molar-refractivity contribution >= 4 is 46.9 Å². The van der Waals surface area contributed by atoms with Gasteiger partial charge in [0, 0.05) is 18.8 Å². The van der Waals surface area contributed by atoms with Crippen LogP contribution in [0.2, 0.25) is 0 Å². The number of nitrogens with zero attached hydrogens (tertiary/aromatic N) is 2. The molecule has 3 N–H and O–H groups in total. The first-order valence-electron chi connectivity index (χ1n) is 10.6. The molecule has 176 valence electrons. The molecular weight excluding hydrogens is 440 g/mol. The molecule has 1 atom stereocenters. The van der Waals surface area contributed by atoms with Crippen molar-refractivity contribution in [3.63, 3.8) is 0 Å². The fourth-order valence-corrected chi connectivity index (χ4v) is 4.52. The molecule has 8 nitrogen and oxygen atoms in total. The molecule has 2 rings (SSSR count). The lowest BCUT2D eigenvalue weighted by Gasteiger charge is -2.29. The number of nitrogens with one attached hydrogen (secondary N) is 2. The van der Waals surface area contributed by atoms with Gasteiger partial charge in [0.1, 0.15) is 6.04 Å². The molecule has 2 aliphatic rings. The lowest BCUT2D eigenvalue weighted by molar-refractivity contribution is -0.140. The summed E-state index contributed by atoms with van der Waals surface area (Å²) in [6.07, 6.45) is 7.90. The second kappa shape index (κ2) is 13.1. The number of Topliss-reactive ketones (excluding diaryl/α,β-unsaturated/α-hetero) is 1. The number of carbonyl (C=O) groups excluding carboxylic acids is 3. The zero-order valence-corrected chi connectivity index (χ0v) is 20.2. The number of thioether (sulfide) groups is 1. The number of amidine groups is 1. The Morgan fingerprint density at radius 3 is 2.55 bits per heavy atom. The van der Waals surface area contributed by atoms with E-state index in [1.54, 1.807) is 6.08 Å². The third-order valence-electron chi connectivity index (χ3n) is 5.15. The van der Waals surface area contributed by atoms with Crippen LogP contribution in [0.15, 0.2) is 17.3 Å². The summed E-state index contributed by atoms with van der Waals surface area (Å²) in [5, 5.41) is 16.5. The van der Waals surface area contributed by atoms with Crippen molar-refractivity contribution in [3.05, 3.63) is 12.2 Å². The number of aliphatic hydroxyl groups is 1. The monoisotopic (exact) mass is 474 g/mol. The highest BCUT2D eigenvalue weighted by molar-refractivity contribution is 8.14. The number of hydrogen-bond donors (Lipinski definition) is 3. The number of hydrogen-bond acceptors (Lipinski definition) is 6. The van der Waals surface area contributed by atoms with Gasteiger partial charge >= 0.3 is 5.91 Å². The van der Waals surface area contributed by atoms with Gasteiger partial charge in [0.2, 0.25) is 11.7 Å². The lowest BCUT2D eigenvalue weighted by Crippen LogP contribution is -2.51. The first-order valence-corrected chi connectivity index (χ1v) is 11.6. The van der Waals surface area contributed by atoms with Gasteiger partial charge in [-0.2, -0.15) is 0 Å². The van der Waals surface area contributed by atoms with E-state index in [1.165, 1.54) is 17.8 Å². The molecule has 0 aromatic carbocycles. The van der Waals surface area contributed by atoms with Gasteiger partial charge in [-0.15, -0.1) is 17.5 Å². The van der Waals surface area contributed by atoms with Crippen molar-refractivity contribution in [2.45, 2.75) is 58.9 Å². The van der Waals surface area contributed by atoms with Gasteiger partial charge in [0.25, 0.3) is 0 Å². The normalized spacial score (nSPS) is 19.9. The summed E-state index contributed by atoms with van der Waals surface area (Å²) in [4.78, 5) is 39.7. The largest absolute Gasteiger partial charge is 0.395 e. The lowest BCUT2D eigenvalue weighted by atomic mass is 9.82. The molecule has 1 aliphatic carbocycles. The molecule has 1 saturated carbocycles. The summed E-state index contributed by atoms with van der Waals surface area (Å²) >= 11 is 1.46. The maximum Gasteiger partial charge on any atom is 0.309 e. The van der Waals surface area contributed by atoms with Gasteiger partial charge in [0.05, 0.1) is 6.61 Å². The number of rotatable bonds is 8. The minimum Gasteiger partial charge on any atom is -0.395 e. The highest BCUT2D eigenvalue weighted by Gasteiger charge is 2.34. The Kier molecular flexibility index (Phi) is 11.6. The number of allylic oxidation sites excluding steroid dienone is 1. The minimum absolute atomic E-state index is 0. The quantitative estimate of drug-likeness (QED) is 0.282. The van der Waals surface area contributed by atoms with E-state index >= 15 is 0 Å². The molecule has 1 unspecified atom stereocenters. The molecular formula is C21H35ClN4O4S. The average molecular weight is 475 g/mol. The van der Waals surface area contributed by atoms with E-state index in [2.05, 4.69) is 15.8 Å². The number of aliphatic hydroxyl groups excluding tert-OH is 1. The maximum absolute atomic E-state index is 12.9. The van der Waals surface area contributed by atoms with Crippen LogP contribution in [0.25, 0.3) is 0 Å². The Balaban J connectivity index is 0.00000480. The third kappa shape index (κ3) is 9.21. The zero-order valence-electron chi connectivity index (χ0n) is 18.6. The Morgan fingerprint density at radius 2 is 1.94 bits per heavy atom. The van der Waals surface area contributed by atoms with Crippen LogP contribution in [-0.2, 0) is 14.4 Å². The molecule has 0 radical (unpaired) electrons. The summed E-state index contributed by atoms with van der Waals surface area (Å²) in [7, 11) is 0. The van der Waals surface area contributed by atoms with E-state index < -0.39 is 17.7 Å². The van der Waals surface area contributed by atoms with Crippen molar-refractivity contribution in [1.82, 2.24) is 15.6 Å². The molecule has 1 aliphatic heterocycles. The molecule has 1 saturated heterocycles. The highest BCUT2D eigenvalue weighted by Crippen LogP contribution is 2.27. The minimum atomic E-state index is -0.854. The molecule has 0 aromatic rings. The van der Waals surface area contributed by atoms with Crippen molar-refractivity contribution in [1.29, 1.82) is 0 Å². The Bertz CT molecular complexity index is 687. The van der Waals surface area contributed by atoms with Crippen LogP contribution in [0.1, 0.15) is 52.9 Å². The van der Waals surface area contributed by atoms with Gasteiger partial charge in [-0.25, -0.2) is 5.43 Å². The van der Waals surface area contributed by atoms with Crippen LogP contribution in [0.5, 0.6) is 0 Å². The molecule has 2 fully saturated rings. The summed E-state index contributed by atoms with van der Waals surface area (Å²) < 4.78 is 0. The number of amides is 2. The number of hydrazone groups is 1. The molecule has 31 heavy (non-hydrogen) atoms.